The molecule has 0 aliphatic carbocycles. The van der Waals surface area contributed by atoms with E-state index >= 15 is 0 Å². The van der Waals surface area contributed by atoms with Crippen molar-refractivity contribution in [2.75, 3.05) is 5.32 Å². The Bertz CT molecular complexity index is 915. The first kappa shape index (κ1) is 17.1. The van der Waals surface area contributed by atoms with E-state index in [1.165, 1.54) is 6.33 Å². The first-order valence-corrected chi connectivity index (χ1v) is 8.05. The summed E-state index contributed by atoms with van der Waals surface area (Å²) in [5, 5.41) is 6.94. The second-order valence-electron chi connectivity index (χ2n) is 6.17. The Morgan fingerprint density at radius 2 is 2.00 bits per heavy atom. The highest BCUT2D eigenvalue weighted by Crippen LogP contribution is 2.26. The molecular formula is C17H19F2N5O. The normalized spacial score (nSPS) is 12.7. The van der Waals surface area contributed by atoms with E-state index in [0.29, 0.717) is 23.3 Å². The first-order valence-electron chi connectivity index (χ1n) is 8.05. The van der Waals surface area contributed by atoms with Crippen LogP contribution in [0.4, 0.5) is 14.5 Å². The molecule has 8 heteroatoms. The minimum atomic E-state index is -0.971. The average Bonchev–Trinajstić information content (AvgIpc) is 3.15. The molecule has 0 saturated heterocycles. The van der Waals surface area contributed by atoms with Crippen molar-refractivity contribution in [3.05, 3.63) is 42.5 Å². The van der Waals surface area contributed by atoms with Crippen molar-refractivity contribution in [3.63, 3.8) is 0 Å². The van der Waals surface area contributed by atoms with Crippen LogP contribution in [-0.2, 0) is 11.3 Å². The van der Waals surface area contributed by atoms with Gasteiger partial charge in [0.1, 0.15) is 6.04 Å². The molecule has 1 N–H and O–H groups in total. The van der Waals surface area contributed by atoms with Gasteiger partial charge in [-0.2, -0.15) is 5.10 Å². The van der Waals surface area contributed by atoms with Gasteiger partial charge in [-0.25, -0.2) is 13.8 Å². The van der Waals surface area contributed by atoms with E-state index in [1.54, 1.807) is 21.6 Å². The fourth-order valence-corrected chi connectivity index (χ4v) is 2.81. The largest absolute Gasteiger partial charge is 0.322 e. The number of aromatic nitrogens is 4. The van der Waals surface area contributed by atoms with Crippen molar-refractivity contribution >= 4 is 22.6 Å². The van der Waals surface area contributed by atoms with E-state index in [0.717, 1.165) is 12.1 Å². The zero-order chi connectivity index (χ0) is 18.1. The molecule has 0 saturated carbocycles. The van der Waals surface area contributed by atoms with Crippen molar-refractivity contribution in [3.8, 4) is 0 Å². The molecule has 0 aliphatic rings. The van der Waals surface area contributed by atoms with Gasteiger partial charge in [-0.15, -0.1) is 0 Å². The third kappa shape index (κ3) is 3.24. The Labute approximate surface area is 143 Å². The van der Waals surface area contributed by atoms with Gasteiger partial charge >= 0.3 is 0 Å². The van der Waals surface area contributed by atoms with E-state index in [-0.39, 0.29) is 11.8 Å². The third-order valence-corrected chi connectivity index (χ3v) is 4.04. The number of halogens is 2. The standard InChI is InChI=1S/C17H19F2N5O/c1-4-23-8-11(7-21-23)22-17(25)16(10(2)3)24-9-20-14-5-12(18)13(19)6-15(14)24/h5-10,16H,4H2,1-3H3,(H,22,25)/t16-/m1/s1. The van der Waals surface area contributed by atoms with E-state index in [1.807, 2.05) is 20.8 Å². The summed E-state index contributed by atoms with van der Waals surface area (Å²) in [7, 11) is 0. The number of amides is 1. The fourth-order valence-electron chi connectivity index (χ4n) is 2.81. The maximum atomic E-state index is 13.6. The molecule has 2 aromatic heterocycles. The summed E-state index contributed by atoms with van der Waals surface area (Å²) in [5.41, 5.74) is 1.26. The van der Waals surface area contributed by atoms with Crippen LogP contribution in [0.5, 0.6) is 0 Å². The van der Waals surface area contributed by atoms with E-state index < -0.39 is 17.7 Å². The molecule has 1 amide bonds. The number of rotatable bonds is 5. The molecule has 0 radical (unpaired) electrons. The molecular weight excluding hydrogens is 328 g/mol. The molecule has 132 valence electrons. The highest BCUT2D eigenvalue weighted by Gasteiger charge is 2.26. The number of hydrogen-bond donors (Lipinski definition) is 1. The minimum Gasteiger partial charge on any atom is -0.322 e. The van der Waals surface area contributed by atoms with Crippen LogP contribution in [-0.4, -0.2) is 25.2 Å². The number of carbonyl (C=O) groups is 1. The van der Waals surface area contributed by atoms with Gasteiger partial charge in [-0.3, -0.25) is 9.48 Å². The van der Waals surface area contributed by atoms with Crippen molar-refractivity contribution in [2.24, 2.45) is 5.92 Å². The minimum absolute atomic E-state index is 0.0910. The van der Waals surface area contributed by atoms with Crippen molar-refractivity contribution < 1.29 is 13.6 Å². The number of benzene rings is 1. The highest BCUT2D eigenvalue weighted by molar-refractivity contribution is 5.94. The summed E-state index contributed by atoms with van der Waals surface area (Å²) in [5.74, 6) is -2.29. The van der Waals surface area contributed by atoms with Gasteiger partial charge in [0.2, 0.25) is 5.91 Å². The predicted octanol–water partition coefficient (Wildman–Crippen LogP) is 3.37. The van der Waals surface area contributed by atoms with Crippen LogP contribution in [0.15, 0.2) is 30.9 Å². The highest BCUT2D eigenvalue weighted by atomic mass is 19.2. The van der Waals surface area contributed by atoms with Crippen LogP contribution in [0, 0.1) is 17.6 Å². The van der Waals surface area contributed by atoms with Gasteiger partial charge in [0, 0.05) is 24.9 Å². The first-order chi connectivity index (χ1) is 11.9. The van der Waals surface area contributed by atoms with Gasteiger partial charge in [0.05, 0.1) is 29.2 Å². The lowest BCUT2D eigenvalue weighted by atomic mass is 10.0. The number of aryl methyl sites for hydroxylation is 1. The predicted molar refractivity (Wildman–Crippen MR) is 90.1 cm³/mol. The maximum absolute atomic E-state index is 13.6. The lowest BCUT2D eigenvalue weighted by Gasteiger charge is -2.22. The average molecular weight is 347 g/mol. The Morgan fingerprint density at radius 1 is 1.28 bits per heavy atom. The molecule has 3 aromatic rings. The second kappa shape index (κ2) is 6.62. The Morgan fingerprint density at radius 3 is 2.64 bits per heavy atom. The molecule has 0 fully saturated rings. The van der Waals surface area contributed by atoms with E-state index in [4.69, 9.17) is 0 Å². The molecule has 25 heavy (non-hydrogen) atoms. The fraction of sp³-hybridized carbons (Fsp3) is 0.353. The molecule has 1 atom stereocenters. The topological polar surface area (TPSA) is 64.7 Å². The quantitative estimate of drug-likeness (QED) is 0.770. The number of nitrogens with zero attached hydrogens (tertiary/aromatic N) is 4. The summed E-state index contributed by atoms with van der Waals surface area (Å²) in [6, 6.07) is 1.47. The van der Waals surface area contributed by atoms with Crippen LogP contribution in [0.25, 0.3) is 11.0 Å². The van der Waals surface area contributed by atoms with Crippen LogP contribution in [0.2, 0.25) is 0 Å². The molecule has 0 bridgehead atoms. The van der Waals surface area contributed by atoms with Crippen LogP contribution in [0.1, 0.15) is 26.8 Å². The van der Waals surface area contributed by atoms with Crippen molar-refractivity contribution in [1.29, 1.82) is 0 Å². The summed E-state index contributed by atoms with van der Waals surface area (Å²) >= 11 is 0. The van der Waals surface area contributed by atoms with Crippen LogP contribution in [0.3, 0.4) is 0 Å². The maximum Gasteiger partial charge on any atom is 0.247 e. The lowest BCUT2D eigenvalue weighted by Crippen LogP contribution is -2.29. The number of fused-ring (bicyclic) bond motifs is 1. The van der Waals surface area contributed by atoms with Crippen molar-refractivity contribution in [1.82, 2.24) is 19.3 Å². The molecule has 6 nitrogen and oxygen atoms in total. The van der Waals surface area contributed by atoms with Crippen LogP contribution < -0.4 is 5.32 Å². The molecule has 0 aliphatic heterocycles. The van der Waals surface area contributed by atoms with E-state index in [2.05, 4.69) is 15.4 Å². The Kier molecular flexibility index (Phi) is 4.52. The third-order valence-electron chi connectivity index (χ3n) is 4.04. The summed E-state index contributed by atoms with van der Waals surface area (Å²) in [6.45, 7) is 6.40. The Balaban J connectivity index is 1.95. The number of hydrogen-bond acceptors (Lipinski definition) is 3. The summed E-state index contributed by atoms with van der Waals surface area (Å²) < 4.78 is 30.3. The molecule has 1 aromatic carbocycles. The van der Waals surface area contributed by atoms with Gasteiger partial charge < -0.3 is 9.88 Å². The lowest BCUT2D eigenvalue weighted by molar-refractivity contribution is -0.120. The van der Waals surface area contributed by atoms with Gasteiger partial charge in [0.15, 0.2) is 11.6 Å². The number of anilines is 1. The molecule has 0 spiro atoms. The van der Waals surface area contributed by atoms with Gasteiger partial charge in [-0.05, 0) is 12.8 Å². The smallest absolute Gasteiger partial charge is 0.247 e. The second-order valence-corrected chi connectivity index (χ2v) is 6.17. The summed E-state index contributed by atoms with van der Waals surface area (Å²) in [4.78, 5) is 16.9. The number of carbonyl (C=O) groups excluding carboxylic acids is 1. The summed E-state index contributed by atoms with van der Waals surface area (Å²) in [6.07, 6.45) is 4.74. The molecule has 2 heterocycles. The van der Waals surface area contributed by atoms with Crippen molar-refractivity contribution in [2.45, 2.75) is 33.4 Å². The molecule has 0 unspecified atom stereocenters. The van der Waals surface area contributed by atoms with Crippen LogP contribution >= 0.6 is 0 Å². The van der Waals surface area contributed by atoms with Gasteiger partial charge in [0.25, 0.3) is 0 Å². The zero-order valence-electron chi connectivity index (χ0n) is 14.2. The zero-order valence-corrected chi connectivity index (χ0v) is 14.2. The van der Waals surface area contributed by atoms with E-state index in [9.17, 15) is 13.6 Å². The Hall–Kier alpha value is -2.77. The molecule has 3 rings (SSSR count). The number of imidazole rings is 1. The monoisotopic (exact) mass is 347 g/mol. The van der Waals surface area contributed by atoms with Gasteiger partial charge in [-0.1, -0.05) is 13.8 Å². The number of nitrogens with one attached hydrogen (secondary N) is 1. The SMILES string of the molecule is CCn1cc(NC(=O)[C@@H](C(C)C)n2cnc3cc(F)c(F)cc32)cn1.